The first-order chi connectivity index (χ1) is 10.1. The van der Waals surface area contributed by atoms with Crippen LogP contribution in [0, 0.1) is 5.41 Å². The number of carbonyl (C=O) groups excluding carboxylic acids is 2. The fourth-order valence-electron chi connectivity index (χ4n) is 2.42. The second-order valence-corrected chi connectivity index (χ2v) is 5.12. The van der Waals surface area contributed by atoms with Crippen molar-refractivity contribution >= 4 is 11.9 Å². The van der Waals surface area contributed by atoms with E-state index in [4.69, 9.17) is 19.9 Å². The van der Waals surface area contributed by atoms with Crippen molar-refractivity contribution in [3.05, 3.63) is 0 Å². The normalized spacial score (nSPS) is 17.3. The molecule has 1 heterocycles. The quantitative estimate of drug-likeness (QED) is 0.623. The molecule has 1 aliphatic heterocycles. The first-order valence-electron chi connectivity index (χ1n) is 7.31. The van der Waals surface area contributed by atoms with Crippen molar-refractivity contribution < 1.29 is 23.8 Å². The maximum absolute atomic E-state index is 12.8. The van der Waals surface area contributed by atoms with Gasteiger partial charge in [0.05, 0.1) is 18.6 Å². The Bertz CT molecular complexity index is 342. The molecule has 0 aromatic rings. The van der Waals surface area contributed by atoms with Crippen LogP contribution >= 0.6 is 0 Å². The van der Waals surface area contributed by atoms with Crippen LogP contribution < -0.4 is 5.73 Å². The summed E-state index contributed by atoms with van der Waals surface area (Å²) in [7, 11) is 1.56. The van der Waals surface area contributed by atoms with Crippen LogP contribution in [0.3, 0.4) is 0 Å². The van der Waals surface area contributed by atoms with Gasteiger partial charge in [0.2, 0.25) is 5.91 Å². The summed E-state index contributed by atoms with van der Waals surface area (Å²) < 4.78 is 15.3. The molecule has 2 N–H and O–H groups in total. The highest BCUT2D eigenvalue weighted by atomic mass is 16.5. The molecule has 1 saturated heterocycles. The molecular weight excluding hydrogens is 276 g/mol. The maximum Gasteiger partial charge on any atom is 0.325 e. The Morgan fingerprint density at radius 2 is 2.00 bits per heavy atom. The lowest BCUT2D eigenvalue weighted by Crippen LogP contribution is -2.52. The van der Waals surface area contributed by atoms with Crippen molar-refractivity contribution in [2.45, 2.75) is 19.8 Å². The number of methoxy groups -OCH3 is 1. The molecule has 0 radical (unpaired) electrons. The third kappa shape index (κ3) is 4.94. The van der Waals surface area contributed by atoms with Gasteiger partial charge in [0, 0.05) is 33.4 Å². The Labute approximate surface area is 125 Å². The molecule has 0 bridgehead atoms. The first kappa shape index (κ1) is 17.9. The highest BCUT2D eigenvalue weighted by Crippen LogP contribution is 2.31. The van der Waals surface area contributed by atoms with Crippen molar-refractivity contribution in [3.63, 3.8) is 0 Å². The van der Waals surface area contributed by atoms with Gasteiger partial charge in [-0.25, -0.2) is 0 Å². The lowest BCUT2D eigenvalue weighted by atomic mass is 9.79. The Balaban J connectivity index is 2.78. The largest absolute Gasteiger partial charge is 0.465 e. The topological polar surface area (TPSA) is 91.1 Å². The Hall–Kier alpha value is -1.18. The van der Waals surface area contributed by atoms with E-state index in [2.05, 4.69) is 0 Å². The van der Waals surface area contributed by atoms with Crippen molar-refractivity contribution in [1.29, 1.82) is 0 Å². The summed E-state index contributed by atoms with van der Waals surface area (Å²) >= 11 is 0. The minimum atomic E-state index is -0.640. The summed E-state index contributed by atoms with van der Waals surface area (Å²) in [6.07, 6.45) is 1.16. The van der Waals surface area contributed by atoms with Crippen LogP contribution in [0.15, 0.2) is 0 Å². The van der Waals surface area contributed by atoms with Crippen molar-refractivity contribution in [3.8, 4) is 0 Å². The number of ether oxygens (including phenoxy) is 3. The molecule has 1 aliphatic rings. The van der Waals surface area contributed by atoms with Gasteiger partial charge in [-0.2, -0.15) is 0 Å². The summed E-state index contributed by atoms with van der Waals surface area (Å²) in [6.45, 7) is 3.94. The number of nitrogens with two attached hydrogens (primary N) is 1. The molecule has 0 spiro atoms. The van der Waals surface area contributed by atoms with Crippen LogP contribution in [0.5, 0.6) is 0 Å². The van der Waals surface area contributed by atoms with E-state index in [1.807, 2.05) is 0 Å². The summed E-state index contributed by atoms with van der Waals surface area (Å²) in [6, 6.07) is 0. The van der Waals surface area contributed by atoms with Gasteiger partial charge in [0.15, 0.2) is 0 Å². The van der Waals surface area contributed by atoms with Gasteiger partial charge in [-0.15, -0.1) is 0 Å². The van der Waals surface area contributed by atoms with Crippen LogP contribution in [0.1, 0.15) is 19.8 Å². The standard InChI is InChI=1S/C14H26N2O5/c1-3-21-12(17)10-16(6-9-19-2)13(18)14(11-15)4-7-20-8-5-14/h3-11,15H2,1-2H3. The van der Waals surface area contributed by atoms with Gasteiger partial charge in [0.25, 0.3) is 0 Å². The van der Waals surface area contributed by atoms with E-state index in [0.29, 0.717) is 45.8 Å². The summed E-state index contributed by atoms with van der Waals surface area (Å²) in [4.78, 5) is 26.0. The van der Waals surface area contributed by atoms with Gasteiger partial charge in [-0.05, 0) is 19.8 Å². The molecule has 7 heteroatoms. The fourth-order valence-corrected chi connectivity index (χ4v) is 2.42. The van der Waals surface area contributed by atoms with E-state index in [0.717, 1.165) is 0 Å². The van der Waals surface area contributed by atoms with Crippen molar-refractivity contribution in [2.24, 2.45) is 11.1 Å². The number of esters is 1. The predicted molar refractivity (Wildman–Crippen MR) is 76.6 cm³/mol. The van der Waals surface area contributed by atoms with E-state index in [1.54, 1.807) is 14.0 Å². The Morgan fingerprint density at radius 3 is 2.52 bits per heavy atom. The summed E-state index contributed by atoms with van der Waals surface area (Å²) in [5, 5.41) is 0. The van der Waals surface area contributed by atoms with Crippen LogP contribution in [0.25, 0.3) is 0 Å². The molecular formula is C14H26N2O5. The molecule has 7 nitrogen and oxygen atoms in total. The van der Waals surface area contributed by atoms with Gasteiger partial charge in [-0.3, -0.25) is 9.59 Å². The molecule has 122 valence electrons. The lowest BCUT2D eigenvalue weighted by molar-refractivity contribution is -0.156. The highest BCUT2D eigenvalue weighted by Gasteiger charge is 2.41. The van der Waals surface area contributed by atoms with Gasteiger partial charge < -0.3 is 24.8 Å². The smallest absolute Gasteiger partial charge is 0.325 e. The fraction of sp³-hybridized carbons (Fsp3) is 0.857. The second-order valence-electron chi connectivity index (χ2n) is 5.12. The Morgan fingerprint density at radius 1 is 1.33 bits per heavy atom. The molecule has 0 unspecified atom stereocenters. The second kappa shape index (κ2) is 8.96. The summed E-state index contributed by atoms with van der Waals surface area (Å²) in [5.74, 6) is -0.528. The highest BCUT2D eigenvalue weighted by molar-refractivity contribution is 5.86. The number of nitrogens with zero attached hydrogens (tertiary/aromatic N) is 1. The van der Waals surface area contributed by atoms with E-state index < -0.39 is 11.4 Å². The van der Waals surface area contributed by atoms with Crippen LogP contribution in [0.2, 0.25) is 0 Å². The van der Waals surface area contributed by atoms with Gasteiger partial charge >= 0.3 is 5.97 Å². The molecule has 1 fully saturated rings. The lowest BCUT2D eigenvalue weighted by Gasteiger charge is -2.38. The molecule has 0 atom stereocenters. The van der Waals surface area contributed by atoms with Crippen LogP contribution in [-0.4, -0.2) is 69.9 Å². The van der Waals surface area contributed by atoms with E-state index in [1.165, 1.54) is 4.90 Å². The number of hydrogen-bond donors (Lipinski definition) is 1. The average Bonchev–Trinajstić information content (AvgIpc) is 2.51. The van der Waals surface area contributed by atoms with Gasteiger partial charge in [-0.1, -0.05) is 0 Å². The van der Waals surface area contributed by atoms with Crippen molar-refractivity contribution in [1.82, 2.24) is 4.90 Å². The number of rotatable bonds is 8. The average molecular weight is 302 g/mol. The van der Waals surface area contributed by atoms with Crippen LogP contribution in [0.4, 0.5) is 0 Å². The Kier molecular flexibility index (Phi) is 7.63. The number of hydrogen-bond acceptors (Lipinski definition) is 6. The molecule has 1 rings (SSSR count). The predicted octanol–water partition coefficient (Wildman–Crippen LogP) is -0.220. The van der Waals surface area contributed by atoms with Crippen molar-refractivity contribution in [2.75, 3.05) is 53.2 Å². The number of amides is 1. The zero-order valence-corrected chi connectivity index (χ0v) is 12.9. The monoisotopic (exact) mass is 302 g/mol. The SMILES string of the molecule is CCOC(=O)CN(CCOC)C(=O)C1(CN)CCOCC1. The van der Waals surface area contributed by atoms with E-state index in [-0.39, 0.29) is 19.0 Å². The zero-order valence-electron chi connectivity index (χ0n) is 12.9. The molecule has 0 aromatic heterocycles. The molecule has 1 amide bonds. The van der Waals surface area contributed by atoms with E-state index >= 15 is 0 Å². The molecule has 0 aromatic carbocycles. The summed E-state index contributed by atoms with van der Waals surface area (Å²) in [5.41, 5.74) is 5.20. The maximum atomic E-state index is 12.8. The van der Waals surface area contributed by atoms with Gasteiger partial charge in [0.1, 0.15) is 6.54 Å². The van der Waals surface area contributed by atoms with Crippen LogP contribution in [-0.2, 0) is 23.8 Å². The molecule has 0 aliphatic carbocycles. The zero-order chi connectivity index (χ0) is 15.7. The third-order valence-corrected chi connectivity index (χ3v) is 3.77. The first-order valence-corrected chi connectivity index (χ1v) is 7.31. The minimum absolute atomic E-state index is 0.0708. The molecule has 21 heavy (non-hydrogen) atoms. The molecule has 0 saturated carbocycles. The van der Waals surface area contributed by atoms with E-state index in [9.17, 15) is 9.59 Å². The number of carbonyl (C=O) groups is 2. The third-order valence-electron chi connectivity index (χ3n) is 3.77. The minimum Gasteiger partial charge on any atom is -0.465 e.